The van der Waals surface area contributed by atoms with Gasteiger partial charge in [0.2, 0.25) is 5.91 Å². The maximum absolute atomic E-state index is 12.2. The standard InChI is InChI=1S/C19H23N7O/c1-15(27)25-10-6-5-9-17(25)19-22-18(12-24-14-20-13-21-24)23-26(19)11-16-7-3-2-4-8-16/h2-4,7-8,13-14,17H,5-6,9-12H2,1H3/t17-/m0/s1. The molecule has 0 saturated carbocycles. The van der Waals surface area contributed by atoms with E-state index in [1.165, 1.54) is 6.33 Å². The van der Waals surface area contributed by atoms with Gasteiger partial charge in [0, 0.05) is 13.5 Å². The first-order valence-electron chi connectivity index (χ1n) is 9.28. The van der Waals surface area contributed by atoms with E-state index in [0.717, 1.165) is 37.2 Å². The largest absolute Gasteiger partial charge is 0.333 e. The summed E-state index contributed by atoms with van der Waals surface area (Å²) in [6.07, 6.45) is 6.19. The van der Waals surface area contributed by atoms with Gasteiger partial charge in [0.05, 0.1) is 12.6 Å². The van der Waals surface area contributed by atoms with Crippen molar-refractivity contribution < 1.29 is 4.79 Å². The first-order chi connectivity index (χ1) is 13.2. The highest BCUT2D eigenvalue weighted by Gasteiger charge is 2.30. The van der Waals surface area contributed by atoms with E-state index < -0.39 is 0 Å². The third-order valence-corrected chi connectivity index (χ3v) is 4.89. The quantitative estimate of drug-likeness (QED) is 0.691. The van der Waals surface area contributed by atoms with Gasteiger partial charge in [-0.3, -0.25) is 4.79 Å². The third kappa shape index (κ3) is 3.89. The Balaban J connectivity index is 1.68. The molecule has 1 atom stereocenters. The Morgan fingerprint density at radius 1 is 1.19 bits per heavy atom. The van der Waals surface area contributed by atoms with Crippen LogP contribution in [0.25, 0.3) is 0 Å². The number of amides is 1. The molecule has 0 N–H and O–H groups in total. The van der Waals surface area contributed by atoms with E-state index in [0.29, 0.717) is 18.9 Å². The van der Waals surface area contributed by atoms with E-state index in [1.54, 1.807) is 17.9 Å². The molecule has 1 amide bonds. The van der Waals surface area contributed by atoms with Gasteiger partial charge in [-0.15, -0.1) is 0 Å². The van der Waals surface area contributed by atoms with Crippen LogP contribution in [0.5, 0.6) is 0 Å². The highest BCUT2D eigenvalue weighted by atomic mass is 16.2. The first kappa shape index (κ1) is 17.4. The van der Waals surface area contributed by atoms with Crippen molar-refractivity contribution in [2.24, 2.45) is 0 Å². The maximum atomic E-state index is 12.2. The number of rotatable bonds is 5. The molecule has 0 unspecified atom stereocenters. The van der Waals surface area contributed by atoms with Crippen molar-refractivity contribution in [2.75, 3.05) is 6.54 Å². The predicted molar refractivity (Wildman–Crippen MR) is 98.7 cm³/mol. The molecule has 8 nitrogen and oxygen atoms in total. The summed E-state index contributed by atoms with van der Waals surface area (Å²) in [6, 6.07) is 10.2. The molecule has 1 saturated heterocycles. The van der Waals surface area contributed by atoms with Crippen molar-refractivity contribution in [3.8, 4) is 0 Å². The first-order valence-corrected chi connectivity index (χ1v) is 9.28. The molecule has 3 aromatic rings. The molecule has 0 aliphatic carbocycles. The number of hydrogen-bond acceptors (Lipinski definition) is 5. The number of carbonyl (C=O) groups is 1. The van der Waals surface area contributed by atoms with Crippen LogP contribution in [0, 0.1) is 0 Å². The monoisotopic (exact) mass is 365 g/mol. The molecule has 8 heteroatoms. The molecule has 27 heavy (non-hydrogen) atoms. The fraction of sp³-hybridized carbons (Fsp3) is 0.421. The lowest BCUT2D eigenvalue weighted by atomic mass is 10.0. The van der Waals surface area contributed by atoms with Gasteiger partial charge in [-0.25, -0.2) is 19.3 Å². The van der Waals surface area contributed by atoms with Crippen molar-refractivity contribution in [3.05, 3.63) is 60.2 Å². The molecule has 3 heterocycles. The zero-order valence-corrected chi connectivity index (χ0v) is 15.4. The molecule has 0 spiro atoms. The summed E-state index contributed by atoms with van der Waals surface area (Å²) >= 11 is 0. The van der Waals surface area contributed by atoms with Crippen LogP contribution >= 0.6 is 0 Å². The van der Waals surface area contributed by atoms with Crippen LogP contribution in [0.3, 0.4) is 0 Å². The number of hydrogen-bond donors (Lipinski definition) is 0. The van der Waals surface area contributed by atoms with Gasteiger partial charge >= 0.3 is 0 Å². The van der Waals surface area contributed by atoms with Gasteiger partial charge in [-0.2, -0.15) is 10.2 Å². The molecule has 2 aromatic heterocycles. The molecule has 1 fully saturated rings. The number of benzene rings is 1. The van der Waals surface area contributed by atoms with Gasteiger partial charge in [0.1, 0.15) is 25.0 Å². The minimum absolute atomic E-state index is 0.0306. The Bertz CT molecular complexity index is 888. The average molecular weight is 365 g/mol. The highest BCUT2D eigenvalue weighted by Crippen LogP contribution is 2.30. The number of aromatic nitrogens is 6. The second kappa shape index (κ2) is 7.69. The van der Waals surface area contributed by atoms with Crippen molar-refractivity contribution in [3.63, 3.8) is 0 Å². The Hall–Kier alpha value is -3.03. The lowest BCUT2D eigenvalue weighted by Gasteiger charge is -2.34. The van der Waals surface area contributed by atoms with E-state index in [9.17, 15) is 4.79 Å². The summed E-state index contributed by atoms with van der Waals surface area (Å²) in [5.74, 6) is 1.62. The minimum atomic E-state index is -0.0306. The topological polar surface area (TPSA) is 81.7 Å². The van der Waals surface area contributed by atoms with Crippen LogP contribution in [0.1, 0.15) is 49.4 Å². The zero-order valence-electron chi connectivity index (χ0n) is 15.4. The Morgan fingerprint density at radius 2 is 2.04 bits per heavy atom. The summed E-state index contributed by atoms with van der Waals surface area (Å²) in [5.41, 5.74) is 1.15. The maximum Gasteiger partial charge on any atom is 0.220 e. The zero-order chi connectivity index (χ0) is 18.6. The van der Waals surface area contributed by atoms with Crippen LogP contribution in [0.15, 0.2) is 43.0 Å². The Morgan fingerprint density at radius 3 is 2.78 bits per heavy atom. The van der Waals surface area contributed by atoms with Crippen molar-refractivity contribution in [2.45, 2.75) is 45.3 Å². The van der Waals surface area contributed by atoms with Gasteiger partial charge in [-0.1, -0.05) is 30.3 Å². The summed E-state index contributed by atoms with van der Waals surface area (Å²) in [7, 11) is 0. The SMILES string of the molecule is CC(=O)N1CCCC[C@H]1c1nc(Cn2cncn2)nn1Cc1ccccc1. The summed E-state index contributed by atoms with van der Waals surface area (Å²) < 4.78 is 3.64. The van der Waals surface area contributed by atoms with E-state index >= 15 is 0 Å². The molecule has 1 aromatic carbocycles. The van der Waals surface area contributed by atoms with Crippen molar-refractivity contribution in [1.29, 1.82) is 0 Å². The predicted octanol–water partition coefficient (Wildman–Crippen LogP) is 2.04. The van der Waals surface area contributed by atoms with E-state index in [2.05, 4.69) is 22.2 Å². The molecule has 0 bridgehead atoms. The van der Waals surface area contributed by atoms with Crippen LogP contribution < -0.4 is 0 Å². The molecule has 0 radical (unpaired) electrons. The fourth-order valence-corrected chi connectivity index (χ4v) is 3.63. The van der Waals surface area contributed by atoms with Gasteiger partial charge in [0.25, 0.3) is 0 Å². The number of carbonyl (C=O) groups excluding carboxylic acids is 1. The second-order valence-electron chi connectivity index (χ2n) is 6.85. The molecule has 4 rings (SSSR count). The number of piperidine rings is 1. The molecule has 1 aliphatic heterocycles. The van der Waals surface area contributed by atoms with Crippen LogP contribution in [-0.2, 0) is 17.9 Å². The van der Waals surface area contributed by atoms with E-state index in [4.69, 9.17) is 10.1 Å². The van der Waals surface area contributed by atoms with Gasteiger partial charge < -0.3 is 4.90 Å². The Labute approximate surface area is 157 Å². The fourth-order valence-electron chi connectivity index (χ4n) is 3.63. The van der Waals surface area contributed by atoms with Crippen LogP contribution in [-0.4, -0.2) is 46.9 Å². The van der Waals surface area contributed by atoms with Crippen LogP contribution in [0.4, 0.5) is 0 Å². The Kier molecular flexibility index (Phi) is 4.95. The molecule has 140 valence electrons. The minimum Gasteiger partial charge on any atom is -0.333 e. The third-order valence-electron chi connectivity index (χ3n) is 4.89. The van der Waals surface area contributed by atoms with Gasteiger partial charge in [0.15, 0.2) is 5.82 Å². The smallest absolute Gasteiger partial charge is 0.220 e. The highest BCUT2D eigenvalue weighted by molar-refractivity contribution is 5.73. The van der Waals surface area contributed by atoms with Crippen LogP contribution in [0.2, 0.25) is 0 Å². The number of likely N-dealkylation sites (tertiary alicyclic amines) is 1. The molecule has 1 aliphatic rings. The average Bonchev–Trinajstić information content (AvgIpc) is 3.33. The van der Waals surface area contributed by atoms with Crippen molar-refractivity contribution in [1.82, 2.24) is 34.4 Å². The lowest BCUT2D eigenvalue weighted by molar-refractivity contribution is -0.132. The summed E-state index contributed by atoms with van der Waals surface area (Å²) in [5, 5.41) is 8.87. The van der Waals surface area contributed by atoms with Crippen molar-refractivity contribution >= 4 is 5.91 Å². The normalized spacial score (nSPS) is 17.2. The van der Waals surface area contributed by atoms with E-state index in [-0.39, 0.29) is 11.9 Å². The molecular formula is C19H23N7O. The number of nitrogens with zero attached hydrogens (tertiary/aromatic N) is 7. The summed E-state index contributed by atoms with van der Waals surface area (Å²) in [6.45, 7) is 3.49. The van der Waals surface area contributed by atoms with E-state index in [1.807, 2.05) is 27.8 Å². The summed E-state index contributed by atoms with van der Waals surface area (Å²) in [4.78, 5) is 22.9. The van der Waals surface area contributed by atoms with Gasteiger partial charge in [-0.05, 0) is 24.8 Å². The lowest BCUT2D eigenvalue weighted by Crippen LogP contribution is -2.38. The molecular weight excluding hydrogens is 342 g/mol. The second-order valence-corrected chi connectivity index (χ2v) is 6.85.